The number of aromatic nitrogens is 2. The van der Waals surface area contributed by atoms with E-state index >= 15 is 0 Å². The predicted molar refractivity (Wildman–Crippen MR) is 79.2 cm³/mol. The molecule has 0 spiro atoms. The molecule has 5 nitrogen and oxygen atoms in total. The van der Waals surface area contributed by atoms with Gasteiger partial charge in [-0.05, 0) is 38.2 Å². The first-order valence-electron chi connectivity index (χ1n) is 6.97. The van der Waals surface area contributed by atoms with E-state index in [1.165, 1.54) is 27.8 Å². The molecule has 2 aromatic heterocycles. The van der Waals surface area contributed by atoms with Crippen molar-refractivity contribution in [3.63, 3.8) is 0 Å². The average Bonchev–Trinajstić information content (AvgIpc) is 2.81. The van der Waals surface area contributed by atoms with Gasteiger partial charge in [-0.2, -0.15) is 0 Å². The van der Waals surface area contributed by atoms with Crippen LogP contribution in [0.2, 0.25) is 0 Å². The highest BCUT2D eigenvalue weighted by Gasteiger charge is 2.20. The Labute approximate surface area is 120 Å². The molecule has 20 heavy (non-hydrogen) atoms. The van der Waals surface area contributed by atoms with Gasteiger partial charge < -0.3 is 5.32 Å². The van der Waals surface area contributed by atoms with E-state index in [0.717, 1.165) is 29.5 Å². The molecule has 106 valence electrons. The molecule has 1 N–H and O–H groups in total. The van der Waals surface area contributed by atoms with Gasteiger partial charge in [-0.1, -0.05) is 0 Å². The van der Waals surface area contributed by atoms with Crippen LogP contribution in [-0.2, 0) is 24.2 Å². The summed E-state index contributed by atoms with van der Waals surface area (Å²) in [5, 5.41) is 3.43. The van der Waals surface area contributed by atoms with E-state index in [1.807, 2.05) is 6.92 Å². The lowest BCUT2D eigenvalue weighted by Crippen LogP contribution is -2.32. The van der Waals surface area contributed by atoms with Crippen molar-refractivity contribution >= 4 is 27.5 Å². The van der Waals surface area contributed by atoms with E-state index in [2.05, 4.69) is 10.3 Å². The number of nitrogens with zero attached hydrogens (tertiary/aromatic N) is 2. The van der Waals surface area contributed by atoms with Gasteiger partial charge in [0.25, 0.3) is 5.56 Å². The normalized spacial score (nSPS) is 14.2. The summed E-state index contributed by atoms with van der Waals surface area (Å²) < 4.78 is 1.41. The maximum Gasteiger partial charge on any atom is 0.262 e. The number of carbonyl (C=O) groups is 1. The van der Waals surface area contributed by atoms with E-state index in [0.29, 0.717) is 6.54 Å². The van der Waals surface area contributed by atoms with Crippen molar-refractivity contribution in [3.8, 4) is 0 Å². The Morgan fingerprint density at radius 1 is 1.45 bits per heavy atom. The van der Waals surface area contributed by atoms with Gasteiger partial charge in [0.1, 0.15) is 11.4 Å². The lowest BCUT2D eigenvalue weighted by atomic mass is 9.97. The highest BCUT2D eigenvalue weighted by molar-refractivity contribution is 7.18. The van der Waals surface area contributed by atoms with Crippen molar-refractivity contribution in [3.05, 3.63) is 27.1 Å². The molecule has 0 fully saturated rings. The van der Waals surface area contributed by atoms with Crippen LogP contribution in [0.3, 0.4) is 0 Å². The molecule has 0 saturated carbocycles. The van der Waals surface area contributed by atoms with E-state index < -0.39 is 0 Å². The van der Waals surface area contributed by atoms with Crippen LogP contribution in [0.5, 0.6) is 0 Å². The molecule has 0 aromatic carbocycles. The highest BCUT2D eigenvalue weighted by atomic mass is 32.1. The summed E-state index contributed by atoms with van der Waals surface area (Å²) in [6, 6.07) is 0. The SMILES string of the molecule is CCNC(=O)Cn1cnc2sc3c(c2c1=O)CCCC3. The molecule has 0 radical (unpaired) electrons. The smallest absolute Gasteiger partial charge is 0.262 e. The summed E-state index contributed by atoms with van der Waals surface area (Å²) in [5.41, 5.74) is 1.08. The molecular formula is C14H17N3O2S. The van der Waals surface area contributed by atoms with Crippen LogP contribution >= 0.6 is 11.3 Å². The van der Waals surface area contributed by atoms with Gasteiger partial charge in [0, 0.05) is 11.4 Å². The van der Waals surface area contributed by atoms with Crippen LogP contribution in [0.1, 0.15) is 30.2 Å². The second-order valence-corrected chi connectivity index (χ2v) is 6.11. The molecule has 0 bridgehead atoms. The summed E-state index contributed by atoms with van der Waals surface area (Å²) in [7, 11) is 0. The van der Waals surface area contributed by atoms with Crippen molar-refractivity contribution < 1.29 is 4.79 Å². The average molecular weight is 291 g/mol. The van der Waals surface area contributed by atoms with Crippen molar-refractivity contribution in [1.29, 1.82) is 0 Å². The molecule has 3 rings (SSSR count). The Morgan fingerprint density at radius 2 is 2.25 bits per heavy atom. The van der Waals surface area contributed by atoms with Gasteiger partial charge in [0.05, 0.1) is 11.7 Å². The molecule has 2 aromatic rings. The van der Waals surface area contributed by atoms with Crippen LogP contribution in [-0.4, -0.2) is 22.0 Å². The summed E-state index contributed by atoms with van der Waals surface area (Å²) in [6.07, 6.45) is 5.81. The van der Waals surface area contributed by atoms with Crippen LogP contribution in [0.4, 0.5) is 0 Å². The van der Waals surface area contributed by atoms with Crippen molar-refractivity contribution in [2.45, 2.75) is 39.2 Å². The van der Waals surface area contributed by atoms with Crippen LogP contribution in [0.25, 0.3) is 10.2 Å². The number of fused-ring (bicyclic) bond motifs is 3. The van der Waals surface area contributed by atoms with Gasteiger partial charge in [-0.15, -0.1) is 11.3 Å². The minimum absolute atomic E-state index is 0.0419. The molecule has 0 aliphatic heterocycles. The molecule has 1 aliphatic carbocycles. The van der Waals surface area contributed by atoms with Gasteiger partial charge >= 0.3 is 0 Å². The number of thiophene rings is 1. The monoisotopic (exact) mass is 291 g/mol. The van der Waals surface area contributed by atoms with Crippen LogP contribution < -0.4 is 10.9 Å². The van der Waals surface area contributed by atoms with Crippen molar-refractivity contribution in [2.75, 3.05) is 6.54 Å². The van der Waals surface area contributed by atoms with Crippen molar-refractivity contribution in [1.82, 2.24) is 14.9 Å². The molecular weight excluding hydrogens is 274 g/mol. The molecule has 1 amide bonds. The zero-order valence-corrected chi connectivity index (χ0v) is 12.3. The minimum Gasteiger partial charge on any atom is -0.355 e. The Hall–Kier alpha value is -1.69. The summed E-state index contributed by atoms with van der Waals surface area (Å²) in [6.45, 7) is 2.47. The van der Waals surface area contributed by atoms with Gasteiger partial charge in [0.15, 0.2) is 0 Å². The third-order valence-electron chi connectivity index (χ3n) is 3.63. The fourth-order valence-electron chi connectivity index (χ4n) is 2.70. The second kappa shape index (κ2) is 5.36. The number of carbonyl (C=O) groups excluding carboxylic acids is 1. The number of hydrogen-bond acceptors (Lipinski definition) is 4. The van der Waals surface area contributed by atoms with E-state index in [-0.39, 0.29) is 18.0 Å². The summed E-state index contributed by atoms with van der Waals surface area (Å²) >= 11 is 1.63. The topological polar surface area (TPSA) is 64.0 Å². The summed E-state index contributed by atoms with van der Waals surface area (Å²) in [5.74, 6) is -0.153. The lowest BCUT2D eigenvalue weighted by molar-refractivity contribution is -0.121. The first-order chi connectivity index (χ1) is 9.70. The van der Waals surface area contributed by atoms with E-state index in [9.17, 15) is 9.59 Å². The largest absolute Gasteiger partial charge is 0.355 e. The van der Waals surface area contributed by atoms with E-state index in [4.69, 9.17) is 0 Å². The number of likely N-dealkylation sites (N-methyl/N-ethyl adjacent to an activating group) is 1. The highest BCUT2D eigenvalue weighted by Crippen LogP contribution is 2.33. The number of aryl methyl sites for hydroxylation is 2. The third-order valence-corrected chi connectivity index (χ3v) is 4.83. The molecule has 2 heterocycles. The standard InChI is InChI=1S/C14H17N3O2S/c1-2-15-11(18)7-17-8-16-13-12(14(17)19)9-5-3-4-6-10(9)20-13/h8H,2-7H2,1H3,(H,15,18). The van der Waals surface area contributed by atoms with Crippen LogP contribution in [0.15, 0.2) is 11.1 Å². The van der Waals surface area contributed by atoms with Gasteiger partial charge in [0.2, 0.25) is 5.91 Å². The molecule has 0 atom stereocenters. The Bertz CT molecular complexity index is 717. The minimum atomic E-state index is -0.153. The third kappa shape index (κ3) is 2.24. The predicted octanol–water partition coefficient (Wildman–Crippen LogP) is 1.47. The van der Waals surface area contributed by atoms with Crippen molar-refractivity contribution in [2.24, 2.45) is 0 Å². The molecule has 1 aliphatic rings. The Balaban J connectivity index is 2.06. The number of hydrogen-bond donors (Lipinski definition) is 1. The maximum absolute atomic E-state index is 12.6. The number of amides is 1. The first-order valence-corrected chi connectivity index (χ1v) is 7.78. The summed E-state index contributed by atoms with van der Waals surface area (Å²) in [4.78, 5) is 30.7. The van der Waals surface area contributed by atoms with Crippen LogP contribution in [0, 0.1) is 0 Å². The first kappa shape index (κ1) is 13.3. The number of rotatable bonds is 3. The fraction of sp³-hybridized carbons (Fsp3) is 0.500. The maximum atomic E-state index is 12.6. The lowest BCUT2D eigenvalue weighted by Gasteiger charge is -2.10. The fourth-order valence-corrected chi connectivity index (χ4v) is 3.92. The second-order valence-electron chi connectivity index (χ2n) is 5.02. The quantitative estimate of drug-likeness (QED) is 0.931. The Morgan fingerprint density at radius 3 is 3.05 bits per heavy atom. The zero-order valence-electron chi connectivity index (χ0n) is 11.4. The molecule has 0 unspecified atom stereocenters. The number of nitrogens with one attached hydrogen (secondary N) is 1. The van der Waals surface area contributed by atoms with Gasteiger partial charge in [-0.25, -0.2) is 4.98 Å². The zero-order chi connectivity index (χ0) is 14.1. The van der Waals surface area contributed by atoms with Gasteiger partial charge in [-0.3, -0.25) is 14.2 Å². The Kier molecular flexibility index (Phi) is 3.56. The molecule has 0 saturated heterocycles. The van der Waals surface area contributed by atoms with E-state index in [1.54, 1.807) is 11.3 Å². The molecule has 6 heteroatoms.